The molecule has 0 unspecified atom stereocenters. The second-order valence-electron chi connectivity index (χ2n) is 7.60. The number of hydrogen-bond acceptors (Lipinski definition) is 8. The van der Waals surface area contributed by atoms with Crippen LogP contribution >= 0.6 is 0 Å². The Hall–Kier alpha value is -5.39. The Labute approximate surface area is 203 Å². The van der Waals surface area contributed by atoms with Crippen LogP contribution < -0.4 is 11.5 Å². The van der Waals surface area contributed by atoms with Crippen molar-refractivity contribution in [3.8, 4) is 28.7 Å². The fourth-order valence-electron chi connectivity index (χ4n) is 3.83. The van der Waals surface area contributed by atoms with Crippen molar-refractivity contribution < 1.29 is 22.4 Å². The van der Waals surface area contributed by atoms with E-state index in [1.165, 1.54) is 24.4 Å². The molecule has 184 valence electrons. The average Bonchev–Trinajstić information content (AvgIpc) is 3.50. The lowest BCUT2D eigenvalue weighted by Gasteiger charge is -2.12. The van der Waals surface area contributed by atoms with Crippen LogP contribution in [0, 0.1) is 17.1 Å². The van der Waals surface area contributed by atoms with E-state index in [0.717, 1.165) is 29.5 Å². The summed E-state index contributed by atoms with van der Waals surface area (Å²) < 4.78 is 58.0. The molecule has 11 nitrogen and oxygen atoms in total. The number of halogens is 4. The maximum Gasteiger partial charge on any atom is 0.434 e. The normalized spacial score (nSPS) is 11.5. The third-order valence-corrected chi connectivity index (χ3v) is 5.34. The lowest BCUT2D eigenvalue weighted by molar-refractivity contribution is -0.143. The number of nitrogens with two attached hydrogens (primary N) is 2. The minimum Gasteiger partial charge on any atom is -0.383 e. The topological polar surface area (TPSA) is 167 Å². The van der Waals surface area contributed by atoms with Crippen molar-refractivity contribution in [2.24, 2.45) is 5.73 Å². The molecular weight excluding hydrogens is 496 g/mol. The number of aromatic nitrogens is 7. The number of primary amides is 1. The fraction of sp³-hybridized carbons (Fsp3) is 0.0455. The molecule has 0 aliphatic rings. The van der Waals surface area contributed by atoms with Crippen molar-refractivity contribution in [2.45, 2.75) is 6.18 Å². The summed E-state index contributed by atoms with van der Waals surface area (Å²) in [4.78, 5) is 21.2. The molecule has 4 aromatic heterocycles. The van der Waals surface area contributed by atoms with Gasteiger partial charge in [-0.25, -0.2) is 14.1 Å². The number of nitriles is 1. The fourth-order valence-corrected chi connectivity index (χ4v) is 3.83. The Balaban J connectivity index is 1.81. The summed E-state index contributed by atoms with van der Waals surface area (Å²) in [6, 6.07) is 6.83. The van der Waals surface area contributed by atoms with Crippen LogP contribution in [0.3, 0.4) is 0 Å². The van der Waals surface area contributed by atoms with Gasteiger partial charge in [0.15, 0.2) is 11.4 Å². The van der Waals surface area contributed by atoms with Gasteiger partial charge < -0.3 is 11.5 Å². The van der Waals surface area contributed by atoms with Crippen LogP contribution in [0.2, 0.25) is 0 Å². The van der Waals surface area contributed by atoms with E-state index in [-0.39, 0.29) is 39.2 Å². The highest BCUT2D eigenvalue weighted by atomic mass is 19.4. The zero-order chi connectivity index (χ0) is 26.5. The van der Waals surface area contributed by atoms with Crippen molar-refractivity contribution in [3.63, 3.8) is 0 Å². The third kappa shape index (κ3) is 3.86. The molecule has 0 fully saturated rings. The Bertz CT molecular complexity index is 1740. The quantitative estimate of drug-likeness (QED) is 0.350. The molecule has 1 aromatic carbocycles. The van der Waals surface area contributed by atoms with Crippen LogP contribution in [0.5, 0.6) is 0 Å². The predicted octanol–water partition coefficient (Wildman–Crippen LogP) is 2.77. The lowest BCUT2D eigenvalue weighted by atomic mass is 10.00. The Morgan fingerprint density at radius 3 is 2.51 bits per heavy atom. The van der Waals surface area contributed by atoms with E-state index in [9.17, 15) is 22.4 Å². The molecule has 0 bridgehead atoms. The van der Waals surface area contributed by atoms with Gasteiger partial charge in [-0.05, 0) is 17.5 Å². The minimum atomic E-state index is -5.11. The summed E-state index contributed by atoms with van der Waals surface area (Å²) >= 11 is 0. The molecule has 0 atom stereocenters. The van der Waals surface area contributed by atoms with E-state index < -0.39 is 34.9 Å². The minimum absolute atomic E-state index is 0.0336. The molecule has 37 heavy (non-hydrogen) atoms. The van der Waals surface area contributed by atoms with Gasteiger partial charge in [-0.3, -0.25) is 9.78 Å². The first-order chi connectivity index (χ1) is 17.6. The second kappa shape index (κ2) is 8.37. The summed E-state index contributed by atoms with van der Waals surface area (Å²) in [6.07, 6.45) is -0.553. The summed E-state index contributed by atoms with van der Waals surface area (Å²) in [6.45, 7) is 0. The number of fused-ring (bicyclic) bond motifs is 1. The first-order valence-electron chi connectivity index (χ1n) is 10.2. The van der Waals surface area contributed by atoms with Gasteiger partial charge in [-0.1, -0.05) is 12.1 Å². The van der Waals surface area contributed by atoms with E-state index in [0.29, 0.717) is 4.68 Å². The Morgan fingerprint density at radius 1 is 1.08 bits per heavy atom. The lowest BCUT2D eigenvalue weighted by Crippen LogP contribution is -2.21. The van der Waals surface area contributed by atoms with Crippen molar-refractivity contribution in [1.29, 1.82) is 5.26 Å². The van der Waals surface area contributed by atoms with Crippen LogP contribution in [0.25, 0.3) is 33.4 Å². The smallest absolute Gasteiger partial charge is 0.383 e. The molecular formula is C22H12F4N10O. The molecule has 15 heteroatoms. The maximum atomic E-state index is 14.5. The molecule has 0 saturated heterocycles. The Morgan fingerprint density at radius 2 is 1.84 bits per heavy atom. The number of carbonyl (C=O) groups is 1. The first kappa shape index (κ1) is 23.4. The largest absolute Gasteiger partial charge is 0.434 e. The molecule has 4 heterocycles. The monoisotopic (exact) mass is 508 g/mol. The number of anilines is 1. The Kier molecular flexibility index (Phi) is 5.29. The molecule has 0 aliphatic carbocycles. The number of pyridine rings is 2. The van der Waals surface area contributed by atoms with Gasteiger partial charge in [-0.15, -0.1) is 9.90 Å². The highest BCUT2D eigenvalue weighted by Gasteiger charge is 2.43. The molecule has 0 saturated carbocycles. The number of rotatable bonds is 4. The van der Waals surface area contributed by atoms with Gasteiger partial charge >= 0.3 is 6.18 Å². The standard InChI is InChI=1S/C22H12F4N10O/c23-15-3-1-2-13-14(9-31-20(28)16(13)15)18-17(21(29)37)19(22(24,25)26)35(34-18)11-4-12(8-30-7-11)36-32-6-10(5-27)33-36/h1-4,6-9H,(H2,28,31)(H2,29,37). The highest BCUT2D eigenvalue weighted by Crippen LogP contribution is 2.40. The van der Waals surface area contributed by atoms with Gasteiger partial charge in [0.2, 0.25) is 0 Å². The molecule has 4 N–H and O–H groups in total. The van der Waals surface area contributed by atoms with Crippen LogP contribution in [-0.4, -0.2) is 40.6 Å². The van der Waals surface area contributed by atoms with Gasteiger partial charge in [0.25, 0.3) is 5.91 Å². The van der Waals surface area contributed by atoms with Crippen molar-refractivity contribution in [1.82, 2.24) is 34.7 Å². The van der Waals surface area contributed by atoms with Crippen LogP contribution in [0.4, 0.5) is 23.4 Å². The van der Waals surface area contributed by atoms with E-state index in [2.05, 4.69) is 25.3 Å². The maximum absolute atomic E-state index is 14.5. The first-order valence-corrected chi connectivity index (χ1v) is 10.2. The predicted molar refractivity (Wildman–Crippen MR) is 120 cm³/mol. The van der Waals surface area contributed by atoms with Gasteiger partial charge in [0, 0.05) is 11.8 Å². The van der Waals surface area contributed by atoms with Crippen LogP contribution in [-0.2, 0) is 6.18 Å². The van der Waals surface area contributed by atoms with Gasteiger partial charge in [0.1, 0.15) is 29.1 Å². The van der Waals surface area contributed by atoms with Gasteiger partial charge in [-0.2, -0.15) is 28.6 Å². The van der Waals surface area contributed by atoms with Gasteiger partial charge in [0.05, 0.1) is 35.2 Å². The SMILES string of the molecule is N#Cc1cnn(-c2cncc(-n3nc(-c4cnc(N)c5c(F)cccc45)c(C(N)=O)c3C(F)(F)F)c2)n1. The molecule has 0 radical (unpaired) electrons. The molecule has 0 aliphatic heterocycles. The zero-order valence-electron chi connectivity index (χ0n) is 18.3. The number of amides is 1. The van der Waals surface area contributed by atoms with Crippen molar-refractivity contribution in [2.75, 3.05) is 5.73 Å². The summed E-state index contributed by atoms with van der Waals surface area (Å²) in [5.74, 6) is -2.39. The van der Waals surface area contributed by atoms with Crippen LogP contribution in [0.1, 0.15) is 21.7 Å². The van der Waals surface area contributed by atoms with Crippen molar-refractivity contribution >= 4 is 22.5 Å². The number of hydrogen-bond donors (Lipinski definition) is 2. The average molecular weight is 508 g/mol. The van der Waals surface area contributed by atoms with E-state index in [1.807, 2.05) is 0 Å². The van der Waals surface area contributed by atoms with Crippen LogP contribution in [0.15, 0.2) is 49.1 Å². The van der Waals surface area contributed by atoms with E-state index in [1.54, 1.807) is 6.07 Å². The highest BCUT2D eigenvalue weighted by molar-refractivity contribution is 6.07. The zero-order valence-corrected chi connectivity index (χ0v) is 18.3. The molecule has 0 spiro atoms. The number of benzene rings is 1. The molecule has 1 amide bonds. The number of nitrogens with zero attached hydrogens (tertiary/aromatic N) is 8. The summed E-state index contributed by atoms with van der Waals surface area (Å²) in [5, 5.41) is 20.7. The summed E-state index contributed by atoms with van der Waals surface area (Å²) in [5.41, 5.74) is 8.00. The second-order valence-corrected chi connectivity index (χ2v) is 7.60. The van der Waals surface area contributed by atoms with E-state index >= 15 is 0 Å². The number of nitrogen functional groups attached to an aromatic ring is 1. The third-order valence-electron chi connectivity index (χ3n) is 5.34. The summed E-state index contributed by atoms with van der Waals surface area (Å²) in [7, 11) is 0. The molecule has 5 aromatic rings. The van der Waals surface area contributed by atoms with E-state index in [4.69, 9.17) is 16.7 Å². The number of carbonyl (C=O) groups excluding carboxylic acids is 1. The number of alkyl halides is 3. The van der Waals surface area contributed by atoms with Crippen molar-refractivity contribution in [3.05, 3.63) is 71.8 Å². The molecule has 5 rings (SSSR count).